The first kappa shape index (κ1) is 13.5. The molecule has 2 heterocycles. The zero-order valence-corrected chi connectivity index (χ0v) is 11.6. The van der Waals surface area contributed by atoms with Gasteiger partial charge in [0.1, 0.15) is 0 Å². The molecule has 0 amide bonds. The summed E-state index contributed by atoms with van der Waals surface area (Å²) in [6, 6.07) is 0. The molecule has 0 bridgehead atoms. The second kappa shape index (κ2) is 4.61. The van der Waals surface area contributed by atoms with Crippen LogP contribution in [0.5, 0.6) is 0 Å². The molecule has 0 unspecified atom stereocenters. The van der Waals surface area contributed by atoms with Crippen LogP contribution >= 0.6 is 0 Å². The monoisotopic (exact) mass is 250 g/mol. The number of nitrogens with zero attached hydrogens (tertiary/aromatic N) is 2. The highest BCUT2D eigenvalue weighted by Crippen LogP contribution is 2.36. The summed E-state index contributed by atoms with van der Waals surface area (Å²) in [4.78, 5) is 8.58. The van der Waals surface area contributed by atoms with Crippen LogP contribution in [0.3, 0.4) is 0 Å². The Morgan fingerprint density at radius 1 is 1.11 bits per heavy atom. The predicted molar refractivity (Wildman–Crippen MR) is 68.5 cm³/mol. The van der Waals surface area contributed by atoms with Crippen molar-refractivity contribution < 1.29 is 14.0 Å². The molecule has 1 saturated heterocycles. The molecule has 0 N–H and O–H groups in total. The van der Waals surface area contributed by atoms with Crippen LogP contribution in [-0.4, -0.2) is 35.4 Å². The lowest BCUT2D eigenvalue weighted by atomic mass is 9.85. The highest BCUT2D eigenvalue weighted by molar-refractivity contribution is 6.61. The molecule has 0 radical (unpaired) electrons. The van der Waals surface area contributed by atoms with Crippen LogP contribution in [0.2, 0.25) is 0 Å². The van der Waals surface area contributed by atoms with E-state index in [1.54, 1.807) is 19.5 Å². The Labute approximate surface area is 108 Å². The zero-order chi connectivity index (χ0) is 13.4. The summed E-state index contributed by atoms with van der Waals surface area (Å²) >= 11 is 0. The van der Waals surface area contributed by atoms with E-state index >= 15 is 0 Å². The Kier molecular flexibility index (Phi) is 3.44. The summed E-state index contributed by atoms with van der Waals surface area (Å²) in [5.74, 6) is 0. The van der Waals surface area contributed by atoms with Crippen molar-refractivity contribution in [3.05, 3.63) is 18.1 Å². The molecule has 1 aliphatic rings. The van der Waals surface area contributed by atoms with E-state index in [1.165, 1.54) is 0 Å². The standard InChI is InChI=1S/C12H19BN2O3/c1-11(2)12(3,4)18-13(17-11)10-7-14-9(6-15-10)8-16-5/h6-7H,8H2,1-5H3. The molecule has 1 aromatic heterocycles. The minimum Gasteiger partial charge on any atom is -0.398 e. The van der Waals surface area contributed by atoms with Crippen LogP contribution < -0.4 is 5.59 Å². The summed E-state index contributed by atoms with van der Waals surface area (Å²) < 4.78 is 16.8. The third-order valence-electron chi connectivity index (χ3n) is 3.51. The molecule has 5 nitrogen and oxygen atoms in total. The molecule has 0 aliphatic carbocycles. The molecule has 0 aromatic carbocycles. The lowest BCUT2D eigenvalue weighted by Crippen LogP contribution is -2.41. The van der Waals surface area contributed by atoms with Crippen molar-refractivity contribution in [2.45, 2.75) is 45.5 Å². The lowest BCUT2D eigenvalue weighted by Gasteiger charge is -2.32. The van der Waals surface area contributed by atoms with Gasteiger partial charge in [-0.1, -0.05) is 0 Å². The van der Waals surface area contributed by atoms with Gasteiger partial charge in [-0.25, -0.2) is 0 Å². The smallest absolute Gasteiger partial charge is 0.398 e. The van der Waals surface area contributed by atoms with E-state index in [-0.39, 0.29) is 11.2 Å². The summed E-state index contributed by atoms with van der Waals surface area (Å²) in [7, 11) is 1.17. The third-order valence-corrected chi connectivity index (χ3v) is 3.51. The van der Waals surface area contributed by atoms with Gasteiger partial charge < -0.3 is 14.0 Å². The summed E-state index contributed by atoms with van der Waals surface area (Å²) in [6.07, 6.45) is 3.36. The number of aromatic nitrogens is 2. The first-order valence-electron chi connectivity index (χ1n) is 6.01. The molecule has 6 heteroatoms. The average molecular weight is 250 g/mol. The predicted octanol–water partition coefficient (Wildman–Crippen LogP) is 0.922. The molecule has 0 spiro atoms. The molecular formula is C12H19BN2O3. The fourth-order valence-corrected chi connectivity index (χ4v) is 1.67. The zero-order valence-electron chi connectivity index (χ0n) is 11.6. The molecule has 0 atom stereocenters. The van der Waals surface area contributed by atoms with Crippen LogP contribution in [0.25, 0.3) is 0 Å². The SMILES string of the molecule is COCc1cnc(B2OC(C)(C)C(C)(C)O2)cn1. The van der Waals surface area contributed by atoms with Crippen LogP contribution in [-0.2, 0) is 20.7 Å². The van der Waals surface area contributed by atoms with Gasteiger partial charge in [-0.15, -0.1) is 0 Å². The van der Waals surface area contributed by atoms with Gasteiger partial charge in [0.2, 0.25) is 0 Å². The van der Waals surface area contributed by atoms with E-state index < -0.39 is 7.12 Å². The Morgan fingerprint density at radius 3 is 2.17 bits per heavy atom. The van der Waals surface area contributed by atoms with E-state index in [0.29, 0.717) is 12.2 Å². The minimum atomic E-state index is -0.459. The van der Waals surface area contributed by atoms with Crippen molar-refractivity contribution in [3.8, 4) is 0 Å². The fraction of sp³-hybridized carbons (Fsp3) is 0.667. The number of rotatable bonds is 3. The Morgan fingerprint density at radius 2 is 1.72 bits per heavy atom. The van der Waals surface area contributed by atoms with Crippen molar-refractivity contribution in [2.75, 3.05) is 7.11 Å². The second-order valence-electron chi connectivity index (χ2n) is 5.45. The van der Waals surface area contributed by atoms with Crippen molar-refractivity contribution in [1.82, 2.24) is 9.97 Å². The van der Waals surface area contributed by atoms with Crippen LogP contribution in [0.4, 0.5) is 0 Å². The second-order valence-corrected chi connectivity index (χ2v) is 5.45. The molecule has 2 rings (SSSR count). The highest BCUT2D eigenvalue weighted by atomic mass is 16.7. The molecule has 18 heavy (non-hydrogen) atoms. The minimum absolute atomic E-state index is 0.357. The molecule has 1 fully saturated rings. The van der Waals surface area contributed by atoms with Gasteiger partial charge >= 0.3 is 7.12 Å². The van der Waals surface area contributed by atoms with Gasteiger partial charge in [-0.05, 0) is 27.7 Å². The summed E-state index contributed by atoms with van der Waals surface area (Å²) in [5.41, 5.74) is 0.765. The molecule has 0 saturated carbocycles. The largest absolute Gasteiger partial charge is 0.516 e. The number of ether oxygens (including phenoxy) is 1. The van der Waals surface area contributed by atoms with Gasteiger partial charge in [0.25, 0.3) is 0 Å². The number of hydrogen-bond acceptors (Lipinski definition) is 5. The summed E-state index contributed by atoms with van der Waals surface area (Å²) in [5, 5.41) is 0. The molecular weight excluding hydrogens is 231 g/mol. The lowest BCUT2D eigenvalue weighted by molar-refractivity contribution is 0.00578. The van der Waals surface area contributed by atoms with Crippen molar-refractivity contribution in [2.24, 2.45) is 0 Å². The quantitative estimate of drug-likeness (QED) is 0.747. The van der Waals surface area contributed by atoms with Gasteiger partial charge in [0.05, 0.1) is 35.3 Å². The normalized spacial score (nSPS) is 21.3. The molecule has 1 aromatic rings. The maximum Gasteiger partial charge on any atom is 0.516 e. The van der Waals surface area contributed by atoms with Gasteiger partial charge in [-0.2, -0.15) is 0 Å². The van der Waals surface area contributed by atoms with Crippen LogP contribution in [0, 0.1) is 0 Å². The first-order valence-corrected chi connectivity index (χ1v) is 6.01. The highest BCUT2D eigenvalue weighted by Gasteiger charge is 2.52. The number of hydrogen-bond donors (Lipinski definition) is 0. The average Bonchev–Trinajstić information content (AvgIpc) is 2.50. The first-order chi connectivity index (χ1) is 8.36. The van der Waals surface area contributed by atoms with Crippen molar-refractivity contribution >= 4 is 12.7 Å². The Balaban J connectivity index is 2.14. The number of methoxy groups -OCH3 is 1. The van der Waals surface area contributed by atoms with E-state index in [0.717, 1.165) is 5.69 Å². The topological polar surface area (TPSA) is 53.5 Å². The van der Waals surface area contributed by atoms with Crippen LogP contribution in [0.15, 0.2) is 12.4 Å². The van der Waals surface area contributed by atoms with Crippen LogP contribution in [0.1, 0.15) is 33.4 Å². The Bertz CT molecular complexity index is 404. The van der Waals surface area contributed by atoms with E-state index in [1.807, 2.05) is 27.7 Å². The van der Waals surface area contributed by atoms with E-state index in [9.17, 15) is 0 Å². The van der Waals surface area contributed by atoms with Crippen molar-refractivity contribution in [1.29, 1.82) is 0 Å². The molecule has 1 aliphatic heterocycles. The van der Waals surface area contributed by atoms with Gasteiger partial charge in [0, 0.05) is 13.3 Å². The van der Waals surface area contributed by atoms with Gasteiger partial charge in [0.15, 0.2) is 0 Å². The van der Waals surface area contributed by atoms with Gasteiger partial charge in [-0.3, -0.25) is 9.97 Å². The maximum atomic E-state index is 5.89. The fourth-order valence-electron chi connectivity index (χ4n) is 1.67. The van der Waals surface area contributed by atoms with Crippen molar-refractivity contribution in [3.63, 3.8) is 0 Å². The molecule has 98 valence electrons. The maximum absolute atomic E-state index is 5.89. The summed E-state index contributed by atoms with van der Waals surface area (Å²) in [6.45, 7) is 8.51. The van der Waals surface area contributed by atoms with E-state index in [2.05, 4.69) is 9.97 Å². The third kappa shape index (κ3) is 2.41. The van der Waals surface area contributed by atoms with E-state index in [4.69, 9.17) is 14.0 Å². The Hall–Kier alpha value is -0.975.